The van der Waals surface area contributed by atoms with Crippen molar-refractivity contribution in [1.82, 2.24) is 15.5 Å². The van der Waals surface area contributed by atoms with E-state index in [2.05, 4.69) is 27.7 Å². The molecule has 3 nitrogen and oxygen atoms in total. The zero-order chi connectivity index (χ0) is 8.67. The van der Waals surface area contributed by atoms with E-state index in [4.69, 9.17) is 0 Å². The highest BCUT2D eigenvalue weighted by atomic mass is 15.1. The second kappa shape index (κ2) is 2.70. The van der Waals surface area contributed by atoms with Gasteiger partial charge in [-0.3, -0.25) is 5.10 Å². The Morgan fingerprint density at radius 1 is 1.38 bits per heavy atom. The standard InChI is InChI=1S/C10H13N3/c1-2-7-4-10-8(6-12-13-10)5-9(7)11-3-1/h1-2,6-7,9,11H,3-5H2,(H,12,13). The van der Waals surface area contributed by atoms with Gasteiger partial charge in [0, 0.05) is 18.3 Å². The topological polar surface area (TPSA) is 40.7 Å². The number of aromatic nitrogens is 2. The van der Waals surface area contributed by atoms with E-state index in [9.17, 15) is 0 Å². The average molecular weight is 175 g/mol. The first-order chi connectivity index (χ1) is 6.43. The van der Waals surface area contributed by atoms with Crippen LogP contribution in [0.2, 0.25) is 0 Å². The third-order valence-corrected chi connectivity index (χ3v) is 3.09. The molecule has 0 radical (unpaired) electrons. The number of fused-ring (bicyclic) bond motifs is 2. The molecule has 2 heterocycles. The van der Waals surface area contributed by atoms with E-state index < -0.39 is 0 Å². The van der Waals surface area contributed by atoms with Crippen molar-refractivity contribution in [1.29, 1.82) is 0 Å². The summed E-state index contributed by atoms with van der Waals surface area (Å²) in [5.41, 5.74) is 2.72. The van der Waals surface area contributed by atoms with Crippen molar-refractivity contribution in [3.8, 4) is 0 Å². The lowest BCUT2D eigenvalue weighted by atomic mass is 9.82. The Morgan fingerprint density at radius 3 is 3.38 bits per heavy atom. The van der Waals surface area contributed by atoms with Crippen LogP contribution in [-0.4, -0.2) is 22.8 Å². The Hall–Kier alpha value is -1.09. The molecule has 1 aliphatic carbocycles. The zero-order valence-corrected chi connectivity index (χ0v) is 7.46. The molecule has 3 heteroatoms. The second-order valence-corrected chi connectivity index (χ2v) is 3.89. The summed E-state index contributed by atoms with van der Waals surface area (Å²) in [6.07, 6.45) is 8.77. The summed E-state index contributed by atoms with van der Waals surface area (Å²) >= 11 is 0. The molecule has 2 unspecified atom stereocenters. The molecule has 0 saturated carbocycles. The quantitative estimate of drug-likeness (QED) is 0.568. The number of nitrogens with one attached hydrogen (secondary N) is 2. The maximum absolute atomic E-state index is 4.08. The Bertz CT molecular complexity index is 340. The molecule has 0 fully saturated rings. The number of nitrogens with zero attached hydrogens (tertiary/aromatic N) is 1. The minimum absolute atomic E-state index is 0.634. The van der Waals surface area contributed by atoms with Crippen LogP contribution in [0.4, 0.5) is 0 Å². The molecular weight excluding hydrogens is 162 g/mol. The first-order valence-electron chi connectivity index (χ1n) is 4.84. The minimum atomic E-state index is 0.634. The van der Waals surface area contributed by atoms with Crippen molar-refractivity contribution < 1.29 is 0 Å². The molecule has 3 rings (SSSR count). The molecule has 1 aromatic heterocycles. The lowest BCUT2D eigenvalue weighted by Crippen LogP contribution is -2.43. The van der Waals surface area contributed by atoms with Crippen molar-refractivity contribution >= 4 is 0 Å². The van der Waals surface area contributed by atoms with Gasteiger partial charge >= 0.3 is 0 Å². The van der Waals surface area contributed by atoms with Crippen LogP contribution < -0.4 is 5.32 Å². The molecule has 0 saturated heterocycles. The van der Waals surface area contributed by atoms with Crippen LogP contribution in [-0.2, 0) is 12.8 Å². The molecule has 2 atom stereocenters. The van der Waals surface area contributed by atoms with Crippen LogP contribution in [0, 0.1) is 5.92 Å². The molecule has 0 aromatic carbocycles. The van der Waals surface area contributed by atoms with E-state index >= 15 is 0 Å². The summed E-state index contributed by atoms with van der Waals surface area (Å²) in [4.78, 5) is 0. The van der Waals surface area contributed by atoms with Crippen molar-refractivity contribution in [3.63, 3.8) is 0 Å². The first-order valence-corrected chi connectivity index (χ1v) is 4.84. The number of hydrogen-bond donors (Lipinski definition) is 2. The summed E-state index contributed by atoms with van der Waals surface area (Å²) in [5.74, 6) is 0.668. The molecule has 68 valence electrons. The van der Waals surface area contributed by atoms with E-state index in [1.807, 2.05) is 6.20 Å². The van der Waals surface area contributed by atoms with Gasteiger partial charge in [0.2, 0.25) is 0 Å². The summed E-state index contributed by atoms with van der Waals surface area (Å²) in [5, 5.41) is 10.7. The van der Waals surface area contributed by atoms with Crippen molar-refractivity contribution in [2.24, 2.45) is 5.92 Å². The lowest BCUT2D eigenvalue weighted by molar-refractivity contribution is 0.379. The molecule has 2 N–H and O–H groups in total. The monoisotopic (exact) mass is 175 g/mol. The fraction of sp³-hybridized carbons (Fsp3) is 0.500. The van der Waals surface area contributed by atoms with Crippen molar-refractivity contribution in [2.75, 3.05) is 6.54 Å². The van der Waals surface area contributed by atoms with Gasteiger partial charge in [0.1, 0.15) is 0 Å². The molecule has 13 heavy (non-hydrogen) atoms. The predicted octanol–water partition coefficient (Wildman–Crippen LogP) is 0.652. The second-order valence-electron chi connectivity index (χ2n) is 3.89. The van der Waals surface area contributed by atoms with Gasteiger partial charge in [0.25, 0.3) is 0 Å². The highest BCUT2D eigenvalue weighted by Crippen LogP contribution is 2.26. The van der Waals surface area contributed by atoms with E-state index in [0.717, 1.165) is 19.4 Å². The molecule has 1 aliphatic heterocycles. The molecule has 0 amide bonds. The largest absolute Gasteiger partial charge is 0.310 e. The van der Waals surface area contributed by atoms with Crippen LogP contribution in [0.3, 0.4) is 0 Å². The van der Waals surface area contributed by atoms with Crippen LogP contribution >= 0.6 is 0 Å². The number of H-pyrrole nitrogens is 1. The van der Waals surface area contributed by atoms with Gasteiger partial charge in [-0.05, 0) is 24.3 Å². The fourth-order valence-corrected chi connectivity index (χ4v) is 2.34. The fourth-order valence-electron chi connectivity index (χ4n) is 2.34. The Morgan fingerprint density at radius 2 is 2.38 bits per heavy atom. The predicted molar refractivity (Wildman–Crippen MR) is 50.4 cm³/mol. The third kappa shape index (κ3) is 1.11. The summed E-state index contributed by atoms with van der Waals surface area (Å²) in [7, 11) is 0. The SMILES string of the molecule is C1=CC2Cc3[nH]ncc3CC2NC1. The molecule has 0 spiro atoms. The van der Waals surface area contributed by atoms with Crippen molar-refractivity contribution in [3.05, 3.63) is 29.6 Å². The summed E-state index contributed by atoms with van der Waals surface area (Å²) in [6, 6.07) is 0.634. The maximum atomic E-state index is 4.08. The van der Waals surface area contributed by atoms with Crippen LogP contribution in [0.15, 0.2) is 18.3 Å². The molecular formula is C10H13N3. The summed E-state index contributed by atoms with van der Waals surface area (Å²) in [6.45, 7) is 1.02. The number of rotatable bonds is 0. The average Bonchev–Trinajstić information content (AvgIpc) is 2.61. The van der Waals surface area contributed by atoms with Gasteiger partial charge in [-0.1, -0.05) is 12.2 Å². The Labute approximate surface area is 77.2 Å². The minimum Gasteiger partial charge on any atom is -0.310 e. The van der Waals surface area contributed by atoms with Gasteiger partial charge < -0.3 is 5.32 Å². The first kappa shape index (κ1) is 7.33. The van der Waals surface area contributed by atoms with Gasteiger partial charge in [-0.15, -0.1) is 0 Å². The smallest absolute Gasteiger partial charge is 0.0522 e. The lowest BCUT2D eigenvalue weighted by Gasteiger charge is -2.32. The third-order valence-electron chi connectivity index (χ3n) is 3.09. The van der Waals surface area contributed by atoms with Gasteiger partial charge in [0.15, 0.2) is 0 Å². The normalized spacial score (nSPS) is 31.1. The molecule has 0 bridgehead atoms. The Kier molecular flexibility index (Phi) is 1.52. The molecule has 2 aliphatic rings. The van der Waals surface area contributed by atoms with Crippen LogP contribution in [0.1, 0.15) is 11.3 Å². The van der Waals surface area contributed by atoms with Crippen LogP contribution in [0.25, 0.3) is 0 Å². The van der Waals surface area contributed by atoms with E-state index in [-0.39, 0.29) is 0 Å². The van der Waals surface area contributed by atoms with Gasteiger partial charge in [-0.25, -0.2) is 0 Å². The molecule has 1 aromatic rings. The summed E-state index contributed by atoms with van der Waals surface area (Å²) < 4.78 is 0. The van der Waals surface area contributed by atoms with E-state index in [0.29, 0.717) is 12.0 Å². The van der Waals surface area contributed by atoms with Gasteiger partial charge in [-0.2, -0.15) is 5.10 Å². The highest BCUT2D eigenvalue weighted by molar-refractivity contribution is 5.25. The zero-order valence-electron chi connectivity index (χ0n) is 7.46. The number of aromatic amines is 1. The van der Waals surface area contributed by atoms with E-state index in [1.165, 1.54) is 11.3 Å². The highest BCUT2D eigenvalue weighted by Gasteiger charge is 2.28. The Balaban J connectivity index is 1.95. The van der Waals surface area contributed by atoms with Gasteiger partial charge in [0.05, 0.1) is 6.20 Å². The van der Waals surface area contributed by atoms with E-state index in [1.54, 1.807) is 0 Å². The maximum Gasteiger partial charge on any atom is 0.0522 e. The van der Waals surface area contributed by atoms with Crippen LogP contribution in [0.5, 0.6) is 0 Å². The van der Waals surface area contributed by atoms with Crippen molar-refractivity contribution in [2.45, 2.75) is 18.9 Å². The number of hydrogen-bond acceptors (Lipinski definition) is 2.